The van der Waals surface area contributed by atoms with Crippen LogP contribution in [0.25, 0.3) is 0 Å². The third kappa shape index (κ3) is 2.46. The predicted molar refractivity (Wildman–Crippen MR) is 82.9 cm³/mol. The Morgan fingerprint density at radius 3 is 1.89 bits per heavy atom. The summed E-state index contributed by atoms with van der Waals surface area (Å²) >= 11 is 0. The van der Waals surface area contributed by atoms with Crippen LogP contribution in [0.1, 0.15) is 11.1 Å². The molecule has 1 atom stereocenters. The first-order chi connectivity index (χ1) is 8.66. The quantitative estimate of drug-likeness (QED) is 0.567. The highest BCUT2D eigenvalue weighted by Gasteiger charge is 2.32. The van der Waals surface area contributed by atoms with Crippen molar-refractivity contribution in [3.63, 3.8) is 0 Å². The zero-order valence-electron chi connectivity index (χ0n) is 11.1. The fraction of sp³-hybridized carbons (Fsp3) is 0.176. The highest BCUT2D eigenvalue weighted by molar-refractivity contribution is 6.91. The fourth-order valence-corrected chi connectivity index (χ4v) is 5.58. The summed E-state index contributed by atoms with van der Waals surface area (Å²) in [7, 11) is -1.57. The van der Waals surface area contributed by atoms with Crippen molar-refractivity contribution in [3.05, 3.63) is 78.9 Å². The second-order valence-electron chi connectivity index (χ2n) is 5.21. The van der Waals surface area contributed by atoms with E-state index in [1.165, 1.54) is 10.8 Å². The van der Waals surface area contributed by atoms with Crippen LogP contribution in [0.5, 0.6) is 0 Å². The molecule has 0 spiro atoms. The summed E-state index contributed by atoms with van der Waals surface area (Å²) < 4.78 is 0. The second-order valence-corrected chi connectivity index (χ2v) is 9.85. The average molecular weight is 252 g/mol. The van der Waals surface area contributed by atoms with Crippen LogP contribution in [-0.2, 0) is 0 Å². The molecular weight excluding hydrogens is 232 g/mol. The molecular formula is C17H20Si. The van der Waals surface area contributed by atoms with Gasteiger partial charge in [-0.15, -0.1) is 6.58 Å². The van der Waals surface area contributed by atoms with E-state index < -0.39 is 8.07 Å². The number of allylic oxidation sites excluding steroid dienone is 1. The summed E-state index contributed by atoms with van der Waals surface area (Å²) in [5.74, 6) is 0. The minimum absolute atomic E-state index is 0.459. The zero-order valence-corrected chi connectivity index (χ0v) is 12.1. The van der Waals surface area contributed by atoms with Crippen molar-refractivity contribution in [2.24, 2.45) is 0 Å². The predicted octanol–water partition coefficient (Wildman–Crippen LogP) is 4.11. The van der Waals surface area contributed by atoms with Crippen LogP contribution < -0.4 is 5.19 Å². The van der Waals surface area contributed by atoms with Gasteiger partial charge in [-0.3, -0.25) is 0 Å². The largest absolute Gasteiger partial charge is 0.103 e. The molecule has 0 aliphatic heterocycles. The maximum Gasteiger partial charge on any atom is 0.0919 e. The van der Waals surface area contributed by atoms with Crippen molar-refractivity contribution in [2.45, 2.75) is 18.6 Å². The van der Waals surface area contributed by atoms with E-state index in [0.717, 1.165) is 0 Å². The minimum atomic E-state index is -1.57. The molecule has 1 unspecified atom stereocenters. The topological polar surface area (TPSA) is 0 Å². The summed E-state index contributed by atoms with van der Waals surface area (Å²) in [4.78, 5) is 0. The normalized spacial score (nSPS) is 13.0. The van der Waals surface area contributed by atoms with Gasteiger partial charge in [0.05, 0.1) is 8.07 Å². The number of hydrogen-bond donors (Lipinski definition) is 0. The Morgan fingerprint density at radius 2 is 1.39 bits per heavy atom. The summed E-state index contributed by atoms with van der Waals surface area (Å²) in [6, 6.07) is 21.6. The van der Waals surface area contributed by atoms with Gasteiger partial charge in [0.15, 0.2) is 0 Å². The van der Waals surface area contributed by atoms with Gasteiger partial charge in [-0.25, -0.2) is 0 Å². The van der Waals surface area contributed by atoms with E-state index in [1.54, 1.807) is 0 Å². The molecule has 0 saturated carbocycles. The lowest BCUT2D eigenvalue weighted by molar-refractivity contribution is 1.15. The van der Waals surface area contributed by atoms with Crippen LogP contribution >= 0.6 is 0 Å². The molecule has 0 aliphatic rings. The van der Waals surface area contributed by atoms with Crippen LogP contribution in [0.15, 0.2) is 73.3 Å². The molecule has 1 heteroatoms. The lowest BCUT2D eigenvalue weighted by Gasteiger charge is -2.31. The van der Waals surface area contributed by atoms with Crippen molar-refractivity contribution in [1.82, 2.24) is 0 Å². The Morgan fingerprint density at radius 1 is 0.889 bits per heavy atom. The van der Waals surface area contributed by atoms with Crippen LogP contribution in [0.2, 0.25) is 13.1 Å². The number of benzene rings is 2. The molecule has 2 aromatic rings. The van der Waals surface area contributed by atoms with Gasteiger partial charge in [0, 0.05) is 5.54 Å². The van der Waals surface area contributed by atoms with Gasteiger partial charge in [-0.2, -0.15) is 0 Å². The molecule has 0 radical (unpaired) electrons. The number of rotatable bonds is 4. The molecule has 2 aromatic carbocycles. The number of hydrogen-bond acceptors (Lipinski definition) is 0. The first-order valence-electron chi connectivity index (χ1n) is 6.39. The Balaban J connectivity index is 2.42. The average Bonchev–Trinajstić information content (AvgIpc) is 2.41. The lowest BCUT2D eigenvalue weighted by Crippen LogP contribution is -2.46. The summed E-state index contributed by atoms with van der Waals surface area (Å²) in [6.45, 7) is 8.90. The Hall–Kier alpha value is -1.60. The van der Waals surface area contributed by atoms with E-state index in [9.17, 15) is 0 Å². The molecule has 0 nitrogen and oxygen atoms in total. The highest BCUT2D eigenvalue weighted by atomic mass is 28.3. The Kier molecular flexibility index (Phi) is 3.83. The highest BCUT2D eigenvalue weighted by Crippen LogP contribution is 2.27. The van der Waals surface area contributed by atoms with E-state index in [-0.39, 0.29) is 0 Å². The third-order valence-electron chi connectivity index (χ3n) is 3.69. The van der Waals surface area contributed by atoms with Crippen LogP contribution in [0.3, 0.4) is 0 Å². The molecule has 0 amide bonds. The Labute approximate surface area is 111 Å². The van der Waals surface area contributed by atoms with Crippen LogP contribution in [-0.4, -0.2) is 8.07 Å². The molecule has 0 fully saturated rings. The van der Waals surface area contributed by atoms with Gasteiger partial charge < -0.3 is 0 Å². The van der Waals surface area contributed by atoms with Gasteiger partial charge in [0.25, 0.3) is 0 Å². The second kappa shape index (κ2) is 5.36. The zero-order chi connectivity index (χ0) is 13.0. The summed E-state index contributed by atoms with van der Waals surface area (Å²) in [6.07, 6.45) is 2.12. The van der Waals surface area contributed by atoms with E-state index in [2.05, 4.69) is 86.4 Å². The molecule has 0 aliphatic carbocycles. The maximum absolute atomic E-state index is 4.06. The van der Waals surface area contributed by atoms with Gasteiger partial charge >= 0.3 is 0 Å². The third-order valence-corrected chi connectivity index (χ3v) is 7.64. The standard InChI is InChI=1S/C17H20Si/c1-4-17(15-11-7-5-8-12-15)18(2,3)16-13-9-6-10-14-16/h4-14,17H,1H2,2-3H3. The van der Waals surface area contributed by atoms with Gasteiger partial charge in [-0.05, 0) is 5.56 Å². The van der Waals surface area contributed by atoms with E-state index in [1.807, 2.05) is 0 Å². The van der Waals surface area contributed by atoms with Gasteiger partial charge in [0.1, 0.15) is 0 Å². The van der Waals surface area contributed by atoms with Crippen molar-refractivity contribution >= 4 is 13.3 Å². The van der Waals surface area contributed by atoms with Crippen LogP contribution in [0, 0.1) is 0 Å². The molecule has 2 rings (SSSR count). The first kappa shape index (κ1) is 12.8. The molecule has 0 saturated heterocycles. The molecule has 18 heavy (non-hydrogen) atoms. The molecule has 0 N–H and O–H groups in total. The van der Waals surface area contributed by atoms with E-state index in [0.29, 0.717) is 5.54 Å². The Bertz CT molecular complexity index is 500. The molecule has 0 aromatic heterocycles. The fourth-order valence-electron chi connectivity index (χ4n) is 2.56. The molecule has 92 valence electrons. The van der Waals surface area contributed by atoms with Crippen molar-refractivity contribution in [3.8, 4) is 0 Å². The summed E-state index contributed by atoms with van der Waals surface area (Å²) in [5.41, 5.74) is 1.84. The van der Waals surface area contributed by atoms with Crippen molar-refractivity contribution in [2.75, 3.05) is 0 Å². The van der Waals surface area contributed by atoms with Gasteiger partial charge in [0.2, 0.25) is 0 Å². The molecule has 0 heterocycles. The smallest absolute Gasteiger partial charge is 0.0919 e. The van der Waals surface area contributed by atoms with Crippen molar-refractivity contribution < 1.29 is 0 Å². The molecule has 0 bridgehead atoms. The SMILES string of the molecule is C=CC(c1ccccc1)[Si](C)(C)c1ccccc1. The van der Waals surface area contributed by atoms with E-state index >= 15 is 0 Å². The van der Waals surface area contributed by atoms with Crippen LogP contribution in [0.4, 0.5) is 0 Å². The van der Waals surface area contributed by atoms with Crippen molar-refractivity contribution in [1.29, 1.82) is 0 Å². The maximum atomic E-state index is 4.06. The minimum Gasteiger partial charge on any atom is -0.103 e. The first-order valence-corrected chi connectivity index (χ1v) is 9.47. The monoisotopic (exact) mass is 252 g/mol. The van der Waals surface area contributed by atoms with E-state index in [4.69, 9.17) is 0 Å². The summed E-state index contributed by atoms with van der Waals surface area (Å²) in [5, 5.41) is 1.48. The van der Waals surface area contributed by atoms with Gasteiger partial charge in [-0.1, -0.05) is 85.0 Å². The lowest BCUT2D eigenvalue weighted by atomic mass is 10.1.